The second-order valence-corrected chi connectivity index (χ2v) is 5.49. The van der Waals surface area contributed by atoms with Crippen molar-refractivity contribution in [1.82, 2.24) is 9.80 Å². The van der Waals surface area contributed by atoms with Gasteiger partial charge in [-0.3, -0.25) is 9.80 Å². The van der Waals surface area contributed by atoms with E-state index in [1.165, 1.54) is 6.07 Å². The lowest BCUT2D eigenvalue weighted by atomic mass is 10.2. The Bertz CT molecular complexity index is 395. The molecule has 0 aliphatic carbocycles. The van der Waals surface area contributed by atoms with Gasteiger partial charge >= 0.3 is 0 Å². The Balaban J connectivity index is 1.89. The van der Waals surface area contributed by atoms with Gasteiger partial charge in [0.25, 0.3) is 0 Å². The summed E-state index contributed by atoms with van der Waals surface area (Å²) in [5, 5.41) is 8.88. The largest absolute Gasteiger partial charge is 0.395 e. The van der Waals surface area contributed by atoms with E-state index in [0.717, 1.165) is 42.8 Å². The molecule has 18 heavy (non-hydrogen) atoms. The van der Waals surface area contributed by atoms with Gasteiger partial charge in [0.1, 0.15) is 5.82 Å². The van der Waals surface area contributed by atoms with Gasteiger partial charge in [0, 0.05) is 49.3 Å². The van der Waals surface area contributed by atoms with E-state index < -0.39 is 0 Å². The molecular weight excluding hydrogens is 299 g/mol. The lowest BCUT2D eigenvalue weighted by molar-refractivity contribution is 0.108. The van der Waals surface area contributed by atoms with Crippen LogP contribution < -0.4 is 0 Å². The Morgan fingerprint density at radius 3 is 2.50 bits per heavy atom. The molecule has 1 aliphatic heterocycles. The van der Waals surface area contributed by atoms with Crippen LogP contribution in [-0.4, -0.2) is 54.2 Å². The molecule has 5 heteroatoms. The number of β-amino-alcohol motifs (C(OH)–C–C–N with tert-alkyl or cyclic N) is 1. The molecule has 0 aromatic heterocycles. The Hall–Kier alpha value is -0.490. The van der Waals surface area contributed by atoms with E-state index in [4.69, 9.17) is 5.11 Å². The summed E-state index contributed by atoms with van der Waals surface area (Å²) in [6, 6.07) is 5.06. The predicted molar refractivity (Wildman–Crippen MR) is 72.9 cm³/mol. The lowest BCUT2D eigenvalue weighted by Gasteiger charge is -2.34. The Morgan fingerprint density at radius 1 is 1.17 bits per heavy atom. The van der Waals surface area contributed by atoms with Gasteiger partial charge in [-0.1, -0.05) is 15.9 Å². The zero-order valence-electron chi connectivity index (χ0n) is 10.3. The van der Waals surface area contributed by atoms with E-state index in [1.54, 1.807) is 6.07 Å². The molecule has 100 valence electrons. The number of hydrogen-bond donors (Lipinski definition) is 1. The maximum Gasteiger partial charge on any atom is 0.127 e. The molecule has 3 nitrogen and oxygen atoms in total. The van der Waals surface area contributed by atoms with E-state index >= 15 is 0 Å². The number of benzene rings is 1. The molecular formula is C13H18BrFN2O. The Labute approximate surface area is 115 Å². The topological polar surface area (TPSA) is 26.7 Å². The van der Waals surface area contributed by atoms with Crippen LogP contribution in [0.15, 0.2) is 22.7 Å². The quantitative estimate of drug-likeness (QED) is 0.916. The fraction of sp³-hybridized carbons (Fsp3) is 0.538. The normalized spacial score (nSPS) is 18.2. The van der Waals surface area contributed by atoms with Crippen molar-refractivity contribution in [3.63, 3.8) is 0 Å². The summed E-state index contributed by atoms with van der Waals surface area (Å²) in [6.45, 7) is 5.32. The number of piperazine rings is 1. The van der Waals surface area contributed by atoms with E-state index in [9.17, 15) is 4.39 Å². The second kappa shape index (κ2) is 6.61. The SMILES string of the molecule is OCCN1CCN(Cc2cc(Br)ccc2F)CC1. The highest BCUT2D eigenvalue weighted by molar-refractivity contribution is 9.10. The summed E-state index contributed by atoms with van der Waals surface area (Å²) in [5.41, 5.74) is 0.736. The smallest absolute Gasteiger partial charge is 0.127 e. The van der Waals surface area contributed by atoms with Crippen molar-refractivity contribution in [3.8, 4) is 0 Å². The van der Waals surface area contributed by atoms with E-state index in [-0.39, 0.29) is 12.4 Å². The highest BCUT2D eigenvalue weighted by Gasteiger charge is 2.17. The molecule has 1 fully saturated rings. The minimum absolute atomic E-state index is 0.143. The minimum atomic E-state index is -0.143. The van der Waals surface area contributed by atoms with Crippen LogP contribution in [0.1, 0.15) is 5.56 Å². The number of nitrogens with zero attached hydrogens (tertiary/aromatic N) is 2. The van der Waals surface area contributed by atoms with Gasteiger partial charge < -0.3 is 5.11 Å². The van der Waals surface area contributed by atoms with Gasteiger partial charge in [-0.25, -0.2) is 4.39 Å². The second-order valence-electron chi connectivity index (χ2n) is 4.58. The molecule has 2 rings (SSSR count). The highest BCUT2D eigenvalue weighted by Crippen LogP contribution is 2.17. The van der Waals surface area contributed by atoms with Gasteiger partial charge in [-0.05, 0) is 18.2 Å². The molecule has 1 saturated heterocycles. The third-order valence-corrected chi connectivity index (χ3v) is 3.78. The highest BCUT2D eigenvalue weighted by atomic mass is 79.9. The van der Waals surface area contributed by atoms with Crippen molar-refractivity contribution in [2.24, 2.45) is 0 Å². The first kappa shape index (κ1) is 13.9. The molecule has 1 N–H and O–H groups in total. The van der Waals surface area contributed by atoms with Gasteiger partial charge in [0.15, 0.2) is 0 Å². The summed E-state index contributed by atoms with van der Waals surface area (Å²) in [6.07, 6.45) is 0. The summed E-state index contributed by atoms with van der Waals surface area (Å²) < 4.78 is 14.5. The zero-order chi connectivity index (χ0) is 13.0. The summed E-state index contributed by atoms with van der Waals surface area (Å²) in [5.74, 6) is -0.143. The Morgan fingerprint density at radius 2 is 1.83 bits per heavy atom. The van der Waals surface area contributed by atoms with Crippen molar-refractivity contribution in [3.05, 3.63) is 34.1 Å². The first-order valence-electron chi connectivity index (χ1n) is 6.18. The van der Waals surface area contributed by atoms with Crippen molar-refractivity contribution in [2.75, 3.05) is 39.3 Å². The van der Waals surface area contributed by atoms with E-state index in [0.29, 0.717) is 6.54 Å². The molecule has 0 atom stereocenters. The molecule has 1 aromatic rings. The maximum atomic E-state index is 13.6. The Kier molecular flexibility index (Phi) is 5.12. The molecule has 0 amide bonds. The minimum Gasteiger partial charge on any atom is -0.395 e. The van der Waals surface area contributed by atoms with Crippen LogP contribution in [0.5, 0.6) is 0 Å². The number of rotatable bonds is 4. The van der Waals surface area contributed by atoms with Crippen molar-refractivity contribution in [2.45, 2.75) is 6.54 Å². The van der Waals surface area contributed by atoms with E-state index in [2.05, 4.69) is 25.7 Å². The number of aliphatic hydroxyl groups excluding tert-OH is 1. The molecule has 0 bridgehead atoms. The molecule has 0 saturated carbocycles. The molecule has 1 aromatic carbocycles. The monoisotopic (exact) mass is 316 g/mol. The van der Waals surface area contributed by atoms with Crippen LogP contribution in [0.3, 0.4) is 0 Å². The standard InChI is InChI=1S/C13H18BrFN2O/c14-12-1-2-13(15)11(9-12)10-17-5-3-16(4-6-17)7-8-18/h1-2,9,18H,3-8,10H2. The van der Waals surface area contributed by atoms with Crippen molar-refractivity contribution in [1.29, 1.82) is 0 Å². The van der Waals surface area contributed by atoms with Gasteiger partial charge in [-0.15, -0.1) is 0 Å². The number of aliphatic hydroxyl groups is 1. The molecule has 0 radical (unpaired) electrons. The molecule has 0 spiro atoms. The summed E-state index contributed by atoms with van der Waals surface area (Å²) >= 11 is 3.37. The maximum absolute atomic E-state index is 13.6. The third-order valence-electron chi connectivity index (χ3n) is 3.28. The van der Waals surface area contributed by atoms with Crippen LogP contribution in [0.25, 0.3) is 0 Å². The van der Waals surface area contributed by atoms with Gasteiger partial charge in [0.05, 0.1) is 6.61 Å². The number of hydrogen-bond acceptors (Lipinski definition) is 3. The first-order valence-corrected chi connectivity index (χ1v) is 6.98. The van der Waals surface area contributed by atoms with Crippen molar-refractivity contribution < 1.29 is 9.50 Å². The third kappa shape index (κ3) is 3.75. The van der Waals surface area contributed by atoms with Crippen LogP contribution >= 0.6 is 15.9 Å². The summed E-state index contributed by atoms with van der Waals surface area (Å²) in [4.78, 5) is 4.48. The average molecular weight is 317 g/mol. The fourth-order valence-corrected chi connectivity index (χ4v) is 2.63. The van der Waals surface area contributed by atoms with Crippen LogP contribution in [-0.2, 0) is 6.54 Å². The van der Waals surface area contributed by atoms with Crippen LogP contribution in [0, 0.1) is 5.82 Å². The zero-order valence-corrected chi connectivity index (χ0v) is 11.9. The van der Waals surface area contributed by atoms with E-state index in [1.807, 2.05) is 6.07 Å². The fourth-order valence-electron chi connectivity index (χ4n) is 2.22. The first-order chi connectivity index (χ1) is 8.69. The molecule has 1 aliphatic rings. The van der Waals surface area contributed by atoms with Crippen LogP contribution in [0.2, 0.25) is 0 Å². The molecule has 0 unspecified atom stereocenters. The lowest BCUT2D eigenvalue weighted by Crippen LogP contribution is -2.46. The number of halogens is 2. The summed E-state index contributed by atoms with van der Waals surface area (Å²) in [7, 11) is 0. The average Bonchev–Trinajstić information content (AvgIpc) is 2.37. The van der Waals surface area contributed by atoms with Gasteiger partial charge in [0.2, 0.25) is 0 Å². The van der Waals surface area contributed by atoms with Gasteiger partial charge in [-0.2, -0.15) is 0 Å². The molecule has 1 heterocycles. The van der Waals surface area contributed by atoms with Crippen LogP contribution in [0.4, 0.5) is 4.39 Å². The predicted octanol–water partition coefficient (Wildman–Crippen LogP) is 1.70. The van der Waals surface area contributed by atoms with Crippen molar-refractivity contribution >= 4 is 15.9 Å².